The average Bonchev–Trinajstić information content (AvgIpc) is 2.94. The highest BCUT2D eigenvalue weighted by Gasteiger charge is 2.06. The van der Waals surface area contributed by atoms with E-state index >= 15 is 0 Å². The first-order chi connectivity index (χ1) is 10.3. The molecule has 0 spiro atoms. The summed E-state index contributed by atoms with van der Waals surface area (Å²) in [6.45, 7) is 1.11. The van der Waals surface area contributed by atoms with Crippen LogP contribution in [0.1, 0.15) is 10.4 Å². The van der Waals surface area contributed by atoms with Crippen LogP contribution in [0.3, 0.4) is 0 Å². The van der Waals surface area contributed by atoms with Gasteiger partial charge in [-0.3, -0.25) is 0 Å². The molecule has 0 saturated heterocycles. The standard InChI is InChI=1S/C17H17NO2S/c1-19-15-4-2-3-5-16(15)20-11-14-9-13-8-12(10-18)6-7-17(13)21-14/h2-9H,10-11,18H2,1H3. The summed E-state index contributed by atoms with van der Waals surface area (Å²) in [5.41, 5.74) is 6.83. The Kier molecular flexibility index (Phi) is 4.08. The number of benzene rings is 2. The predicted octanol–water partition coefficient (Wildman–Crippen LogP) is 3.95. The average molecular weight is 299 g/mol. The molecule has 1 aromatic heterocycles. The summed E-state index contributed by atoms with van der Waals surface area (Å²) in [7, 11) is 1.65. The van der Waals surface area contributed by atoms with Gasteiger partial charge >= 0.3 is 0 Å². The van der Waals surface area contributed by atoms with E-state index in [-0.39, 0.29) is 0 Å². The number of methoxy groups -OCH3 is 1. The van der Waals surface area contributed by atoms with Crippen LogP contribution in [-0.4, -0.2) is 7.11 Å². The summed E-state index contributed by atoms with van der Waals surface area (Å²) in [5.74, 6) is 1.52. The number of para-hydroxylation sites is 2. The maximum atomic E-state index is 5.86. The molecule has 0 saturated carbocycles. The third kappa shape index (κ3) is 3.01. The minimum absolute atomic E-state index is 0.539. The van der Waals surface area contributed by atoms with Crippen LogP contribution in [0, 0.1) is 0 Å². The third-order valence-corrected chi connectivity index (χ3v) is 4.40. The fraction of sp³-hybridized carbons (Fsp3) is 0.176. The van der Waals surface area contributed by atoms with Crippen LogP contribution in [0.15, 0.2) is 48.5 Å². The van der Waals surface area contributed by atoms with Crippen LogP contribution >= 0.6 is 11.3 Å². The van der Waals surface area contributed by atoms with E-state index in [0.29, 0.717) is 13.2 Å². The quantitative estimate of drug-likeness (QED) is 0.776. The van der Waals surface area contributed by atoms with Gasteiger partial charge in [0.2, 0.25) is 0 Å². The van der Waals surface area contributed by atoms with Crippen molar-refractivity contribution in [3.8, 4) is 11.5 Å². The number of nitrogens with two attached hydrogens (primary N) is 1. The van der Waals surface area contributed by atoms with E-state index < -0.39 is 0 Å². The molecule has 21 heavy (non-hydrogen) atoms. The van der Waals surface area contributed by atoms with E-state index in [1.54, 1.807) is 18.4 Å². The summed E-state index contributed by atoms with van der Waals surface area (Å²) >= 11 is 1.74. The molecule has 3 nitrogen and oxygen atoms in total. The lowest BCUT2D eigenvalue weighted by atomic mass is 10.1. The Balaban J connectivity index is 1.79. The first kappa shape index (κ1) is 13.9. The zero-order chi connectivity index (χ0) is 14.7. The van der Waals surface area contributed by atoms with Crippen LogP contribution in [0.5, 0.6) is 11.5 Å². The van der Waals surface area contributed by atoms with Crippen LogP contribution in [0.25, 0.3) is 10.1 Å². The molecule has 108 valence electrons. The molecule has 0 aliphatic carbocycles. The molecular formula is C17H17NO2S. The van der Waals surface area contributed by atoms with Crippen molar-refractivity contribution in [1.82, 2.24) is 0 Å². The minimum Gasteiger partial charge on any atom is -0.493 e. The number of rotatable bonds is 5. The van der Waals surface area contributed by atoms with E-state index in [1.807, 2.05) is 24.3 Å². The molecule has 0 aliphatic heterocycles. The summed E-state index contributed by atoms with van der Waals surface area (Å²) in [4.78, 5) is 1.19. The fourth-order valence-corrected chi connectivity index (χ4v) is 3.19. The van der Waals surface area contributed by atoms with Crippen molar-refractivity contribution in [3.05, 3.63) is 59.0 Å². The Morgan fingerprint density at radius 2 is 1.86 bits per heavy atom. The molecule has 1 heterocycles. The number of ether oxygens (including phenoxy) is 2. The normalized spacial score (nSPS) is 10.8. The van der Waals surface area contributed by atoms with Crippen molar-refractivity contribution in [2.45, 2.75) is 13.2 Å². The Bertz CT molecular complexity index is 751. The number of hydrogen-bond donors (Lipinski definition) is 1. The van der Waals surface area contributed by atoms with Gasteiger partial charge in [0.15, 0.2) is 11.5 Å². The van der Waals surface area contributed by atoms with Crippen molar-refractivity contribution in [2.24, 2.45) is 5.73 Å². The van der Waals surface area contributed by atoms with Gasteiger partial charge in [-0.1, -0.05) is 18.2 Å². The molecule has 2 aromatic carbocycles. The van der Waals surface area contributed by atoms with E-state index in [1.165, 1.54) is 15.0 Å². The zero-order valence-corrected chi connectivity index (χ0v) is 12.7. The lowest BCUT2D eigenvalue weighted by Gasteiger charge is -2.08. The molecule has 2 N–H and O–H groups in total. The molecule has 0 fully saturated rings. The number of thiophene rings is 1. The molecular weight excluding hydrogens is 282 g/mol. The highest BCUT2D eigenvalue weighted by Crippen LogP contribution is 2.30. The van der Waals surface area contributed by atoms with Gasteiger partial charge in [-0.15, -0.1) is 11.3 Å². The summed E-state index contributed by atoms with van der Waals surface area (Å²) in [6, 6.07) is 16.2. The zero-order valence-electron chi connectivity index (χ0n) is 11.8. The van der Waals surface area contributed by atoms with Crippen LogP contribution < -0.4 is 15.2 Å². The second-order valence-corrected chi connectivity index (χ2v) is 5.90. The van der Waals surface area contributed by atoms with Gasteiger partial charge in [0.05, 0.1) is 7.11 Å². The SMILES string of the molecule is COc1ccccc1OCc1cc2cc(CN)ccc2s1. The Labute approximate surface area is 127 Å². The Hall–Kier alpha value is -2.04. The topological polar surface area (TPSA) is 44.5 Å². The number of fused-ring (bicyclic) bond motifs is 1. The molecule has 4 heteroatoms. The largest absolute Gasteiger partial charge is 0.493 e. The molecule has 0 atom stereocenters. The van der Waals surface area contributed by atoms with E-state index in [4.69, 9.17) is 15.2 Å². The van der Waals surface area contributed by atoms with Crippen LogP contribution in [0.2, 0.25) is 0 Å². The molecule has 3 rings (SSSR count). The number of hydrogen-bond acceptors (Lipinski definition) is 4. The third-order valence-electron chi connectivity index (χ3n) is 3.31. The second kappa shape index (κ2) is 6.16. The lowest BCUT2D eigenvalue weighted by Crippen LogP contribution is -1.95. The van der Waals surface area contributed by atoms with Crippen molar-refractivity contribution in [3.63, 3.8) is 0 Å². The van der Waals surface area contributed by atoms with Crippen molar-refractivity contribution in [1.29, 1.82) is 0 Å². The van der Waals surface area contributed by atoms with Gasteiger partial charge in [0.25, 0.3) is 0 Å². The fourth-order valence-electron chi connectivity index (χ4n) is 2.23. The summed E-state index contributed by atoms with van der Waals surface area (Å²) in [5, 5.41) is 1.22. The lowest BCUT2D eigenvalue weighted by molar-refractivity contribution is 0.287. The highest BCUT2D eigenvalue weighted by molar-refractivity contribution is 7.19. The maximum absolute atomic E-state index is 5.86. The van der Waals surface area contributed by atoms with E-state index in [2.05, 4.69) is 24.3 Å². The molecule has 0 aliphatic rings. The van der Waals surface area contributed by atoms with Gasteiger partial charge in [-0.05, 0) is 41.3 Å². The molecule has 0 radical (unpaired) electrons. The van der Waals surface area contributed by atoms with Gasteiger partial charge in [0, 0.05) is 16.1 Å². The maximum Gasteiger partial charge on any atom is 0.161 e. The molecule has 0 unspecified atom stereocenters. The van der Waals surface area contributed by atoms with Gasteiger partial charge < -0.3 is 15.2 Å². The minimum atomic E-state index is 0.539. The summed E-state index contributed by atoms with van der Waals surface area (Å²) in [6.07, 6.45) is 0. The van der Waals surface area contributed by atoms with Crippen LogP contribution in [-0.2, 0) is 13.2 Å². The Morgan fingerprint density at radius 3 is 2.62 bits per heavy atom. The first-order valence-corrected chi connectivity index (χ1v) is 7.59. The van der Waals surface area contributed by atoms with E-state index in [0.717, 1.165) is 17.1 Å². The monoisotopic (exact) mass is 299 g/mol. The highest BCUT2D eigenvalue weighted by atomic mass is 32.1. The van der Waals surface area contributed by atoms with Crippen molar-refractivity contribution in [2.75, 3.05) is 7.11 Å². The van der Waals surface area contributed by atoms with Crippen LogP contribution in [0.4, 0.5) is 0 Å². The smallest absolute Gasteiger partial charge is 0.161 e. The first-order valence-electron chi connectivity index (χ1n) is 6.77. The van der Waals surface area contributed by atoms with E-state index in [9.17, 15) is 0 Å². The molecule has 0 bridgehead atoms. The second-order valence-electron chi connectivity index (χ2n) is 4.73. The summed E-state index contributed by atoms with van der Waals surface area (Å²) < 4.78 is 12.4. The Morgan fingerprint density at radius 1 is 1.05 bits per heavy atom. The van der Waals surface area contributed by atoms with Gasteiger partial charge in [0.1, 0.15) is 6.61 Å². The molecule has 0 amide bonds. The van der Waals surface area contributed by atoms with Gasteiger partial charge in [-0.2, -0.15) is 0 Å². The van der Waals surface area contributed by atoms with Crippen molar-refractivity contribution >= 4 is 21.4 Å². The molecule has 3 aromatic rings. The van der Waals surface area contributed by atoms with Crippen molar-refractivity contribution < 1.29 is 9.47 Å². The predicted molar refractivity (Wildman–Crippen MR) is 87.0 cm³/mol. The van der Waals surface area contributed by atoms with Gasteiger partial charge in [-0.25, -0.2) is 0 Å².